The Labute approximate surface area is 97.2 Å². The molecule has 0 bridgehead atoms. The van der Waals surface area contributed by atoms with E-state index in [0.29, 0.717) is 5.69 Å². The van der Waals surface area contributed by atoms with Crippen LogP contribution in [0.5, 0.6) is 0 Å². The lowest BCUT2D eigenvalue weighted by Gasteiger charge is -2.03. The zero-order chi connectivity index (χ0) is 12.4. The largest absolute Gasteiger partial charge is 0.478 e. The van der Waals surface area contributed by atoms with E-state index in [-0.39, 0.29) is 12.2 Å². The van der Waals surface area contributed by atoms with Gasteiger partial charge in [-0.25, -0.2) is 9.59 Å². The summed E-state index contributed by atoms with van der Waals surface area (Å²) < 4.78 is 6.40. The number of fused-ring (bicyclic) bond motifs is 1. The maximum absolute atomic E-state index is 11.6. The SMILES string of the molecule is CCOC(=O)c1ccc2ccc(C(=O)O)cn12. The Kier molecular flexibility index (Phi) is 2.82. The highest BCUT2D eigenvalue weighted by atomic mass is 16.5. The van der Waals surface area contributed by atoms with Crippen LogP contribution in [-0.4, -0.2) is 28.1 Å². The summed E-state index contributed by atoms with van der Waals surface area (Å²) in [4.78, 5) is 22.5. The second-order valence-electron chi connectivity index (χ2n) is 3.46. The van der Waals surface area contributed by atoms with Crippen molar-refractivity contribution in [2.45, 2.75) is 6.92 Å². The van der Waals surface area contributed by atoms with Crippen LogP contribution in [0.3, 0.4) is 0 Å². The maximum atomic E-state index is 11.6. The average molecular weight is 233 g/mol. The molecule has 0 amide bonds. The van der Waals surface area contributed by atoms with Gasteiger partial charge in [-0.15, -0.1) is 0 Å². The third-order valence-corrected chi connectivity index (χ3v) is 2.38. The summed E-state index contributed by atoms with van der Waals surface area (Å²) in [5, 5.41) is 8.89. The Bertz CT molecular complexity index is 585. The van der Waals surface area contributed by atoms with Gasteiger partial charge in [0.1, 0.15) is 5.69 Å². The van der Waals surface area contributed by atoms with Crippen molar-refractivity contribution >= 4 is 17.5 Å². The fourth-order valence-corrected chi connectivity index (χ4v) is 1.60. The second kappa shape index (κ2) is 4.29. The standard InChI is InChI=1S/C12H11NO4/c1-2-17-12(16)10-6-5-9-4-3-8(11(14)15)7-13(9)10/h3-7H,2H2,1H3,(H,14,15). The molecule has 0 aromatic carbocycles. The minimum absolute atomic E-state index is 0.124. The molecule has 5 heteroatoms. The first-order valence-corrected chi connectivity index (χ1v) is 5.15. The van der Waals surface area contributed by atoms with E-state index in [9.17, 15) is 9.59 Å². The summed E-state index contributed by atoms with van der Waals surface area (Å²) >= 11 is 0. The zero-order valence-corrected chi connectivity index (χ0v) is 9.21. The summed E-state index contributed by atoms with van der Waals surface area (Å²) in [5.41, 5.74) is 1.20. The average Bonchev–Trinajstić information content (AvgIpc) is 2.71. The lowest BCUT2D eigenvalue weighted by Crippen LogP contribution is -2.09. The normalized spacial score (nSPS) is 10.4. The molecule has 2 aromatic rings. The van der Waals surface area contributed by atoms with Crippen LogP contribution in [-0.2, 0) is 4.74 Å². The Morgan fingerprint density at radius 3 is 2.65 bits per heavy atom. The van der Waals surface area contributed by atoms with Gasteiger partial charge in [-0.2, -0.15) is 0 Å². The Hall–Kier alpha value is -2.30. The predicted molar refractivity (Wildman–Crippen MR) is 60.3 cm³/mol. The van der Waals surface area contributed by atoms with Gasteiger partial charge in [0.25, 0.3) is 0 Å². The van der Waals surface area contributed by atoms with Gasteiger partial charge in [0.2, 0.25) is 0 Å². The molecule has 0 radical (unpaired) electrons. The maximum Gasteiger partial charge on any atom is 0.355 e. The van der Waals surface area contributed by atoms with Gasteiger partial charge in [-0.3, -0.25) is 0 Å². The van der Waals surface area contributed by atoms with E-state index in [1.165, 1.54) is 16.7 Å². The van der Waals surface area contributed by atoms with Crippen LogP contribution >= 0.6 is 0 Å². The van der Waals surface area contributed by atoms with Crippen molar-refractivity contribution in [1.82, 2.24) is 4.40 Å². The zero-order valence-electron chi connectivity index (χ0n) is 9.21. The number of pyridine rings is 1. The Morgan fingerprint density at radius 1 is 1.29 bits per heavy atom. The number of carboxylic acid groups (broad SMARTS) is 1. The van der Waals surface area contributed by atoms with Crippen molar-refractivity contribution in [3.63, 3.8) is 0 Å². The van der Waals surface area contributed by atoms with E-state index >= 15 is 0 Å². The molecule has 0 atom stereocenters. The summed E-state index contributed by atoms with van der Waals surface area (Å²) in [6, 6.07) is 6.48. The van der Waals surface area contributed by atoms with Crippen molar-refractivity contribution < 1.29 is 19.4 Å². The highest BCUT2D eigenvalue weighted by molar-refractivity contribution is 5.91. The lowest BCUT2D eigenvalue weighted by atomic mass is 10.3. The van der Waals surface area contributed by atoms with Crippen molar-refractivity contribution in [2.75, 3.05) is 6.61 Å². The Morgan fingerprint density at radius 2 is 2.00 bits per heavy atom. The smallest absolute Gasteiger partial charge is 0.355 e. The van der Waals surface area contributed by atoms with Crippen LogP contribution in [0.1, 0.15) is 27.8 Å². The third kappa shape index (κ3) is 1.99. The van der Waals surface area contributed by atoms with Gasteiger partial charge < -0.3 is 14.2 Å². The molecule has 0 fully saturated rings. The molecule has 5 nitrogen and oxygen atoms in total. The molecule has 0 saturated carbocycles. The molecule has 0 aliphatic heterocycles. The first-order chi connectivity index (χ1) is 8.13. The number of aromatic nitrogens is 1. The highest BCUT2D eigenvalue weighted by Crippen LogP contribution is 2.13. The number of nitrogens with zero attached hydrogens (tertiary/aromatic N) is 1. The number of aromatic carboxylic acids is 1. The second-order valence-corrected chi connectivity index (χ2v) is 3.46. The quantitative estimate of drug-likeness (QED) is 0.821. The molecular weight excluding hydrogens is 222 g/mol. The first kappa shape index (κ1) is 11.2. The summed E-state index contributed by atoms with van der Waals surface area (Å²) in [6.45, 7) is 2.00. The minimum atomic E-state index is -1.03. The number of hydrogen-bond acceptors (Lipinski definition) is 3. The van der Waals surface area contributed by atoms with Crippen molar-refractivity contribution in [1.29, 1.82) is 0 Å². The molecule has 0 aliphatic carbocycles. The van der Waals surface area contributed by atoms with Crippen LogP contribution in [0.25, 0.3) is 5.52 Å². The van der Waals surface area contributed by atoms with Crippen LogP contribution in [0.2, 0.25) is 0 Å². The predicted octanol–water partition coefficient (Wildman–Crippen LogP) is 1.81. The van der Waals surface area contributed by atoms with Gasteiger partial charge in [-0.05, 0) is 31.2 Å². The van der Waals surface area contributed by atoms with Crippen LogP contribution < -0.4 is 0 Å². The fraction of sp³-hybridized carbons (Fsp3) is 0.167. The van der Waals surface area contributed by atoms with Gasteiger partial charge in [0.15, 0.2) is 0 Å². The molecule has 17 heavy (non-hydrogen) atoms. The summed E-state index contributed by atoms with van der Waals surface area (Å²) in [5.74, 6) is -1.49. The molecule has 0 saturated heterocycles. The molecule has 2 rings (SSSR count). The number of carbonyl (C=O) groups is 2. The number of carbonyl (C=O) groups excluding carboxylic acids is 1. The highest BCUT2D eigenvalue weighted by Gasteiger charge is 2.13. The van der Waals surface area contributed by atoms with Crippen molar-refractivity contribution in [3.8, 4) is 0 Å². The van der Waals surface area contributed by atoms with E-state index in [1.54, 1.807) is 25.1 Å². The molecule has 88 valence electrons. The Balaban J connectivity index is 2.54. The molecule has 0 spiro atoms. The van der Waals surface area contributed by atoms with Crippen LogP contribution in [0, 0.1) is 0 Å². The fourth-order valence-electron chi connectivity index (χ4n) is 1.60. The monoisotopic (exact) mass is 233 g/mol. The van der Waals surface area contributed by atoms with E-state index in [0.717, 1.165) is 5.52 Å². The minimum Gasteiger partial charge on any atom is -0.478 e. The van der Waals surface area contributed by atoms with Gasteiger partial charge in [-0.1, -0.05) is 0 Å². The van der Waals surface area contributed by atoms with Crippen molar-refractivity contribution in [2.24, 2.45) is 0 Å². The number of carboxylic acids is 1. The number of rotatable bonds is 3. The van der Waals surface area contributed by atoms with Crippen molar-refractivity contribution in [3.05, 3.63) is 41.7 Å². The van der Waals surface area contributed by atoms with E-state index in [4.69, 9.17) is 9.84 Å². The molecular formula is C12H11NO4. The van der Waals surface area contributed by atoms with E-state index in [2.05, 4.69) is 0 Å². The molecule has 2 aromatic heterocycles. The topological polar surface area (TPSA) is 68.0 Å². The van der Waals surface area contributed by atoms with Crippen LogP contribution in [0.4, 0.5) is 0 Å². The van der Waals surface area contributed by atoms with Gasteiger partial charge in [0.05, 0.1) is 12.2 Å². The molecule has 1 N–H and O–H groups in total. The number of ether oxygens (including phenoxy) is 1. The third-order valence-electron chi connectivity index (χ3n) is 2.38. The summed E-state index contributed by atoms with van der Waals surface area (Å²) in [7, 11) is 0. The van der Waals surface area contributed by atoms with E-state index in [1.807, 2.05) is 0 Å². The van der Waals surface area contributed by atoms with Gasteiger partial charge >= 0.3 is 11.9 Å². The molecule has 0 aliphatic rings. The molecule has 0 unspecified atom stereocenters. The van der Waals surface area contributed by atoms with Gasteiger partial charge in [0, 0.05) is 11.7 Å². The molecule has 2 heterocycles. The number of hydrogen-bond donors (Lipinski definition) is 1. The van der Waals surface area contributed by atoms with Crippen LogP contribution in [0.15, 0.2) is 30.5 Å². The summed E-state index contributed by atoms with van der Waals surface area (Å²) in [6.07, 6.45) is 1.41. The first-order valence-electron chi connectivity index (χ1n) is 5.15. The lowest BCUT2D eigenvalue weighted by molar-refractivity contribution is 0.0517. The van der Waals surface area contributed by atoms with E-state index < -0.39 is 11.9 Å². The number of esters is 1.